The maximum absolute atomic E-state index is 10.4. The lowest BCUT2D eigenvalue weighted by Gasteiger charge is -2.32. The first-order valence-electron chi connectivity index (χ1n) is 8.74. The van der Waals surface area contributed by atoms with E-state index in [9.17, 15) is 5.11 Å². The molecular weight excluding hydrogens is 314 g/mol. The van der Waals surface area contributed by atoms with Crippen molar-refractivity contribution in [3.8, 4) is 5.75 Å². The van der Waals surface area contributed by atoms with Crippen molar-refractivity contribution in [2.45, 2.75) is 13.0 Å². The van der Waals surface area contributed by atoms with Crippen LogP contribution in [0.15, 0.2) is 47.0 Å². The largest absolute Gasteiger partial charge is 0.507 e. The molecule has 0 spiro atoms. The molecule has 2 heterocycles. The molecule has 1 aliphatic rings. The van der Waals surface area contributed by atoms with Crippen LogP contribution in [0.1, 0.15) is 16.8 Å². The van der Waals surface area contributed by atoms with Crippen LogP contribution in [0, 0.1) is 0 Å². The molecule has 130 valence electrons. The summed E-state index contributed by atoms with van der Waals surface area (Å²) in [5.41, 5.74) is 3.67. The van der Waals surface area contributed by atoms with E-state index in [2.05, 4.69) is 34.1 Å². The number of nitrogens with zero attached hydrogens (tertiary/aromatic N) is 3. The lowest BCUT2D eigenvalue weighted by atomic mass is 10.0. The second-order valence-electron chi connectivity index (χ2n) is 6.81. The number of phenols is 1. The molecule has 0 unspecified atom stereocenters. The number of phenolic OH excluding ortho intramolecular Hbond substituents is 1. The van der Waals surface area contributed by atoms with Gasteiger partial charge < -0.3 is 14.5 Å². The van der Waals surface area contributed by atoms with Gasteiger partial charge in [0.05, 0.1) is 11.3 Å². The second-order valence-corrected chi connectivity index (χ2v) is 6.81. The number of hydrogen-bond donors (Lipinski definition) is 1. The van der Waals surface area contributed by atoms with Crippen LogP contribution in [-0.2, 0) is 13.0 Å². The Labute approximate surface area is 147 Å². The fraction of sp³-hybridized carbons (Fsp3) is 0.350. The molecule has 4 rings (SSSR count). The number of hydrogen-bond acceptors (Lipinski definition) is 5. The second kappa shape index (κ2) is 6.86. The van der Waals surface area contributed by atoms with Gasteiger partial charge in [-0.3, -0.25) is 4.90 Å². The summed E-state index contributed by atoms with van der Waals surface area (Å²) in [4.78, 5) is 4.68. The van der Waals surface area contributed by atoms with Crippen LogP contribution >= 0.6 is 0 Å². The number of rotatable bonds is 4. The van der Waals surface area contributed by atoms with Crippen LogP contribution in [0.5, 0.6) is 5.75 Å². The van der Waals surface area contributed by atoms with Gasteiger partial charge in [0, 0.05) is 44.5 Å². The fourth-order valence-corrected chi connectivity index (χ4v) is 3.40. The first-order valence-corrected chi connectivity index (χ1v) is 8.74. The Morgan fingerprint density at radius 1 is 1.04 bits per heavy atom. The molecule has 0 saturated carbocycles. The standard InChI is InChI=1S/C20H23N3O2/c1-22-9-11-23(12-10-22)14-17-19(24)8-7-16-18(21-25-20(16)17)13-15-5-3-2-4-6-15/h2-8,24H,9-14H2,1H3. The van der Waals surface area contributed by atoms with Gasteiger partial charge in [0.2, 0.25) is 0 Å². The summed E-state index contributed by atoms with van der Waals surface area (Å²) >= 11 is 0. The molecule has 1 saturated heterocycles. The van der Waals surface area contributed by atoms with Gasteiger partial charge in [-0.1, -0.05) is 35.5 Å². The first-order chi connectivity index (χ1) is 12.2. The average molecular weight is 337 g/mol. The molecule has 1 fully saturated rings. The highest BCUT2D eigenvalue weighted by molar-refractivity contribution is 5.84. The molecule has 0 amide bonds. The third-order valence-corrected chi connectivity index (χ3v) is 4.99. The zero-order valence-corrected chi connectivity index (χ0v) is 14.5. The lowest BCUT2D eigenvalue weighted by molar-refractivity contribution is 0.147. The maximum Gasteiger partial charge on any atom is 0.175 e. The molecule has 0 bridgehead atoms. The van der Waals surface area contributed by atoms with E-state index >= 15 is 0 Å². The van der Waals surface area contributed by atoms with Crippen molar-refractivity contribution < 1.29 is 9.63 Å². The summed E-state index contributed by atoms with van der Waals surface area (Å²) in [5, 5.41) is 15.6. The van der Waals surface area contributed by atoms with E-state index in [4.69, 9.17) is 4.52 Å². The van der Waals surface area contributed by atoms with E-state index < -0.39 is 0 Å². The molecule has 1 aromatic heterocycles. The monoisotopic (exact) mass is 337 g/mol. The van der Waals surface area contributed by atoms with E-state index in [-0.39, 0.29) is 5.75 Å². The first kappa shape index (κ1) is 16.1. The summed E-state index contributed by atoms with van der Waals surface area (Å²) in [6.45, 7) is 4.78. The van der Waals surface area contributed by atoms with Crippen molar-refractivity contribution in [2.24, 2.45) is 0 Å². The minimum Gasteiger partial charge on any atom is -0.507 e. The summed E-state index contributed by atoms with van der Waals surface area (Å²) in [6, 6.07) is 13.9. The predicted molar refractivity (Wildman–Crippen MR) is 97.7 cm³/mol. The number of benzene rings is 2. The number of fused-ring (bicyclic) bond motifs is 1. The van der Waals surface area contributed by atoms with Crippen LogP contribution in [0.25, 0.3) is 11.0 Å². The van der Waals surface area contributed by atoms with E-state index in [1.807, 2.05) is 24.3 Å². The maximum atomic E-state index is 10.4. The van der Waals surface area contributed by atoms with Crippen LogP contribution in [-0.4, -0.2) is 53.3 Å². The SMILES string of the molecule is CN1CCN(Cc2c(O)ccc3c(Cc4ccccc4)noc23)CC1. The Balaban J connectivity index is 1.62. The predicted octanol–water partition coefficient (Wildman–Crippen LogP) is 2.87. The number of aromatic hydroxyl groups is 1. The molecule has 5 nitrogen and oxygen atoms in total. The Kier molecular flexibility index (Phi) is 4.42. The molecule has 25 heavy (non-hydrogen) atoms. The summed E-state index contributed by atoms with van der Waals surface area (Å²) in [7, 11) is 2.14. The third kappa shape index (κ3) is 3.38. The highest BCUT2D eigenvalue weighted by Gasteiger charge is 2.20. The van der Waals surface area contributed by atoms with Crippen molar-refractivity contribution in [3.05, 3.63) is 59.3 Å². The summed E-state index contributed by atoms with van der Waals surface area (Å²) in [5.74, 6) is 0.286. The van der Waals surface area contributed by atoms with Crippen LogP contribution < -0.4 is 0 Å². The quantitative estimate of drug-likeness (QED) is 0.793. The van der Waals surface area contributed by atoms with Gasteiger partial charge in [-0.05, 0) is 24.7 Å². The Bertz CT molecular complexity index is 852. The molecule has 0 aliphatic carbocycles. The van der Waals surface area contributed by atoms with Crippen molar-refractivity contribution in [1.29, 1.82) is 0 Å². The van der Waals surface area contributed by atoms with Crippen molar-refractivity contribution in [1.82, 2.24) is 15.0 Å². The fourth-order valence-electron chi connectivity index (χ4n) is 3.40. The normalized spacial score (nSPS) is 16.5. The molecule has 5 heteroatoms. The third-order valence-electron chi connectivity index (χ3n) is 4.99. The van der Waals surface area contributed by atoms with Gasteiger partial charge in [0.15, 0.2) is 5.58 Å². The van der Waals surface area contributed by atoms with Crippen molar-refractivity contribution in [2.75, 3.05) is 33.2 Å². The minimum atomic E-state index is 0.286. The Hall–Kier alpha value is -2.37. The van der Waals surface area contributed by atoms with E-state index in [0.29, 0.717) is 12.1 Å². The topological polar surface area (TPSA) is 52.7 Å². The van der Waals surface area contributed by atoms with E-state index in [1.165, 1.54) is 5.56 Å². The van der Waals surface area contributed by atoms with Crippen LogP contribution in [0.4, 0.5) is 0 Å². The minimum absolute atomic E-state index is 0.286. The summed E-state index contributed by atoms with van der Waals surface area (Å²) < 4.78 is 5.65. The van der Waals surface area contributed by atoms with Crippen LogP contribution in [0.3, 0.4) is 0 Å². The highest BCUT2D eigenvalue weighted by Crippen LogP contribution is 2.31. The van der Waals surface area contributed by atoms with E-state index in [0.717, 1.165) is 49.2 Å². The highest BCUT2D eigenvalue weighted by atomic mass is 16.5. The smallest absolute Gasteiger partial charge is 0.175 e. The number of aromatic nitrogens is 1. The van der Waals surface area contributed by atoms with E-state index in [1.54, 1.807) is 6.07 Å². The Morgan fingerprint density at radius 3 is 2.56 bits per heavy atom. The summed E-state index contributed by atoms with van der Waals surface area (Å²) in [6.07, 6.45) is 0.729. The Morgan fingerprint density at radius 2 is 1.80 bits per heavy atom. The average Bonchev–Trinajstić information content (AvgIpc) is 3.03. The zero-order valence-electron chi connectivity index (χ0n) is 14.5. The lowest BCUT2D eigenvalue weighted by Crippen LogP contribution is -2.43. The molecule has 0 radical (unpaired) electrons. The zero-order chi connectivity index (χ0) is 17.2. The molecule has 1 N–H and O–H groups in total. The van der Waals surface area contributed by atoms with Gasteiger partial charge in [-0.25, -0.2) is 0 Å². The molecule has 2 aromatic carbocycles. The van der Waals surface area contributed by atoms with Gasteiger partial charge in [0.25, 0.3) is 0 Å². The number of likely N-dealkylation sites (N-methyl/N-ethyl adjacent to an activating group) is 1. The number of piperazine rings is 1. The van der Waals surface area contributed by atoms with Gasteiger partial charge in [-0.15, -0.1) is 0 Å². The molecule has 0 atom stereocenters. The van der Waals surface area contributed by atoms with Crippen molar-refractivity contribution >= 4 is 11.0 Å². The molecular formula is C20H23N3O2. The van der Waals surface area contributed by atoms with Crippen LogP contribution in [0.2, 0.25) is 0 Å². The van der Waals surface area contributed by atoms with Gasteiger partial charge in [0.1, 0.15) is 5.75 Å². The molecule has 1 aliphatic heterocycles. The van der Waals surface area contributed by atoms with Gasteiger partial charge >= 0.3 is 0 Å². The van der Waals surface area contributed by atoms with Crippen molar-refractivity contribution in [3.63, 3.8) is 0 Å². The molecule has 3 aromatic rings. The van der Waals surface area contributed by atoms with Gasteiger partial charge in [-0.2, -0.15) is 0 Å².